The average molecular weight is 168 g/mol. The van der Waals surface area contributed by atoms with Crippen molar-refractivity contribution in [2.75, 3.05) is 0 Å². The molecular weight excluding hydrogens is 162 g/mol. The molecule has 3 heteroatoms. The quantitative estimate of drug-likeness (QED) is 0.651. The van der Waals surface area contributed by atoms with Gasteiger partial charge in [0.1, 0.15) is 11.8 Å². The van der Waals surface area contributed by atoms with E-state index >= 15 is 0 Å². The fourth-order valence-electron chi connectivity index (χ4n) is 0.755. The van der Waals surface area contributed by atoms with Gasteiger partial charge in [-0.25, -0.2) is 0 Å². The van der Waals surface area contributed by atoms with Gasteiger partial charge in [0.15, 0.2) is 0 Å². The first-order valence-electron chi connectivity index (χ1n) is 3.06. The topological polar surface area (TPSA) is 44.0 Å². The summed E-state index contributed by atoms with van der Waals surface area (Å²) >= 11 is 5.50. The van der Waals surface area contributed by atoms with Crippen LogP contribution in [0.15, 0.2) is 18.2 Å². The van der Waals surface area contributed by atoms with Crippen LogP contribution in [0.1, 0.15) is 11.1 Å². The van der Waals surface area contributed by atoms with E-state index in [2.05, 4.69) is 0 Å². The standard InChI is InChI=1S/C8H6ClNO/c9-4-6-1-2-7(5-10)8(11)3-6/h1-3,11H,4H2. The maximum absolute atomic E-state index is 9.14. The number of rotatable bonds is 1. The fraction of sp³-hybridized carbons (Fsp3) is 0.125. The van der Waals surface area contributed by atoms with Crippen molar-refractivity contribution < 1.29 is 5.11 Å². The van der Waals surface area contributed by atoms with Crippen LogP contribution in [-0.2, 0) is 5.88 Å². The Morgan fingerprint density at radius 1 is 1.55 bits per heavy atom. The minimum Gasteiger partial charge on any atom is -0.507 e. The normalized spacial score (nSPS) is 9.09. The smallest absolute Gasteiger partial charge is 0.133 e. The molecule has 1 aromatic rings. The molecule has 0 bridgehead atoms. The van der Waals surface area contributed by atoms with Crippen LogP contribution in [0.2, 0.25) is 0 Å². The second kappa shape index (κ2) is 3.27. The van der Waals surface area contributed by atoms with Gasteiger partial charge in [-0.2, -0.15) is 5.26 Å². The molecule has 11 heavy (non-hydrogen) atoms. The van der Waals surface area contributed by atoms with E-state index in [9.17, 15) is 0 Å². The highest BCUT2D eigenvalue weighted by Crippen LogP contribution is 2.18. The van der Waals surface area contributed by atoms with E-state index in [1.807, 2.05) is 6.07 Å². The summed E-state index contributed by atoms with van der Waals surface area (Å²) in [5.74, 6) is 0.338. The van der Waals surface area contributed by atoms with E-state index < -0.39 is 0 Å². The van der Waals surface area contributed by atoms with Crippen LogP contribution in [0.4, 0.5) is 0 Å². The fourth-order valence-corrected chi connectivity index (χ4v) is 0.921. The number of halogens is 1. The molecule has 0 amide bonds. The molecule has 0 saturated heterocycles. The van der Waals surface area contributed by atoms with E-state index in [1.165, 1.54) is 6.07 Å². The van der Waals surface area contributed by atoms with Gasteiger partial charge in [-0.15, -0.1) is 11.6 Å². The highest BCUT2D eigenvalue weighted by molar-refractivity contribution is 6.17. The molecule has 0 aliphatic carbocycles. The third-order valence-electron chi connectivity index (χ3n) is 1.34. The number of aromatic hydroxyl groups is 1. The van der Waals surface area contributed by atoms with E-state index in [0.717, 1.165) is 5.56 Å². The van der Waals surface area contributed by atoms with Crippen molar-refractivity contribution in [3.8, 4) is 11.8 Å². The molecule has 0 radical (unpaired) electrons. The Kier molecular flexibility index (Phi) is 2.35. The van der Waals surface area contributed by atoms with Crippen molar-refractivity contribution >= 4 is 11.6 Å². The maximum atomic E-state index is 9.14. The lowest BCUT2D eigenvalue weighted by Crippen LogP contribution is -1.80. The molecule has 0 unspecified atom stereocenters. The summed E-state index contributed by atoms with van der Waals surface area (Å²) in [6.07, 6.45) is 0. The summed E-state index contributed by atoms with van der Waals surface area (Å²) in [6, 6.07) is 6.61. The molecule has 56 valence electrons. The number of hydrogen-bond acceptors (Lipinski definition) is 2. The van der Waals surface area contributed by atoms with Crippen LogP contribution in [0.25, 0.3) is 0 Å². The Bertz CT molecular complexity index is 303. The Balaban J connectivity index is 3.12. The van der Waals surface area contributed by atoms with Crippen LogP contribution < -0.4 is 0 Å². The first kappa shape index (κ1) is 7.90. The van der Waals surface area contributed by atoms with Gasteiger partial charge in [-0.3, -0.25) is 0 Å². The van der Waals surface area contributed by atoms with Crippen LogP contribution in [0.3, 0.4) is 0 Å². The third kappa shape index (κ3) is 1.63. The molecule has 1 rings (SSSR count). The predicted molar refractivity (Wildman–Crippen MR) is 42.4 cm³/mol. The zero-order valence-electron chi connectivity index (χ0n) is 5.71. The first-order valence-corrected chi connectivity index (χ1v) is 3.59. The lowest BCUT2D eigenvalue weighted by molar-refractivity contribution is 0.473. The van der Waals surface area contributed by atoms with Gasteiger partial charge >= 0.3 is 0 Å². The summed E-state index contributed by atoms with van der Waals surface area (Å²) in [5, 5.41) is 17.6. The SMILES string of the molecule is N#Cc1ccc(CCl)cc1O. The number of benzene rings is 1. The van der Waals surface area contributed by atoms with Crippen molar-refractivity contribution in [3.63, 3.8) is 0 Å². The average Bonchev–Trinajstić information content (AvgIpc) is 2.04. The monoisotopic (exact) mass is 167 g/mol. The van der Waals surface area contributed by atoms with Crippen LogP contribution in [-0.4, -0.2) is 5.11 Å². The number of nitriles is 1. The van der Waals surface area contributed by atoms with Gasteiger partial charge in [-0.05, 0) is 17.7 Å². The Labute approximate surface area is 69.7 Å². The zero-order chi connectivity index (χ0) is 8.27. The van der Waals surface area contributed by atoms with Crippen LogP contribution >= 0.6 is 11.6 Å². The number of hydrogen-bond donors (Lipinski definition) is 1. The van der Waals surface area contributed by atoms with Gasteiger partial charge in [0.05, 0.1) is 5.56 Å². The Morgan fingerprint density at radius 2 is 2.27 bits per heavy atom. The summed E-state index contributed by atoms with van der Waals surface area (Å²) in [5.41, 5.74) is 1.09. The van der Waals surface area contributed by atoms with E-state index in [4.69, 9.17) is 22.0 Å². The van der Waals surface area contributed by atoms with Gasteiger partial charge in [-0.1, -0.05) is 6.07 Å². The Hall–Kier alpha value is -1.20. The predicted octanol–water partition coefficient (Wildman–Crippen LogP) is 2.00. The minimum atomic E-state index is -0.00866. The minimum absolute atomic E-state index is 0.00866. The molecule has 0 fully saturated rings. The first-order chi connectivity index (χ1) is 5.27. The number of phenolic OH excluding ortho intramolecular Hbond substituents is 1. The molecule has 2 nitrogen and oxygen atoms in total. The molecular formula is C8H6ClNO. The molecule has 0 aromatic heterocycles. The molecule has 0 saturated carbocycles. The zero-order valence-corrected chi connectivity index (χ0v) is 6.47. The van der Waals surface area contributed by atoms with E-state index in [1.54, 1.807) is 12.1 Å². The molecule has 0 heterocycles. The molecule has 0 spiro atoms. The third-order valence-corrected chi connectivity index (χ3v) is 1.65. The van der Waals surface area contributed by atoms with Gasteiger partial charge < -0.3 is 5.11 Å². The maximum Gasteiger partial charge on any atom is 0.133 e. The largest absolute Gasteiger partial charge is 0.507 e. The van der Waals surface area contributed by atoms with Crippen molar-refractivity contribution in [2.45, 2.75) is 5.88 Å². The van der Waals surface area contributed by atoms with E-state index in [-0.39, 0.29) is 11.3 Å². The molecule has 1 N–H and O–H groups in total. The number of phenols is 1. The van der Waals surface area contributed by atoms with Gasteiger partial charge in [0.2, 0.25) is 0 Å². The van der Waals surface area contributed by atoms with E-state index in [0.29, 0.717) is 5.88 Å². The number of alkyl halides is 1. The molecule has 0 atom stereocenters. The lowest BCUT2D eigenvalue weighted by Gasteiger charge is -1.97. The molecule has 0 aliphatic heterocycles. The van der Waals surface area contributed by atoms with Gasteiger partial charge in [0, 0.05) is 5.88 Å². The van der Waals surface area contributed by atoms with Crippen LogP contribution in [0, 0.1) is 11.3 Å². The van der Waals surface area contributed by atoms with Crippen molar-refractivity contribution in [3.05, 3.63) is 29.3 Å². The summed E-state index contributed by atoms with van der Waals surface area (Å²) in [7, 11) is 0. The molecule has 0 aliphatic rings. The second-order valence-electron chi connectivity index (χ2n) is 2.10. The Morgan fingerprint density at radius 3 is 2.73 bits per heavy atom. The highest BCUT2D eigenvalue weighted by Gasteiger charge is 1.99. The van der Waals surface area contributed by atoms with Crippen molar-refractivity contribution in [2.24, 2.45) is 0 Å². The lowest BCUT2D eigenvalue weighted by atomic mass is 10.1. The summed E-state index contributed by atoms with van der Waals surface area (Å²) in [6.45, 7) is 0. The van der Waals surface area contributed by atoms with Gasteiger partial charge in [0.25, 0.3) is 0 Å². The van der Waals surface area contributed by atoms with Crippen molar-refractivity contribution in [1.82, 2.24) is 0 Å². The summed E-state index contributed by atoms with van der Waals surface area (Å²) in [4.78, 5) is 0. The highest BCUT2D eigenvalue weighted by atomic mass is 35.5. The second-order valence-corrected chi connectivity index (χ2v) is 2.36. The van der Waals surface area contributed by atoms with Crippen LogP contribution in [0.5, 0.6) is 5.75 Å². The number of nitrogens with zero attached hydrogens (tertiary/aromatic N) is 1. The molecule has 1 aromatic carbocycles. The van der Waals surface area contributed by atoms with Crippen molar-refractivity contribution in [1.29, 1.82) is 5.26 Å². The summed E-state index contributed by atoms with van der Waals surface area (Å²) < 4.78 is 0.